The summed E-state index contributed by atoms with van der Waals surface area (Å²) < 4.78 is 5.72. The average molecular weight is 235 g/mol. The van der Waals surface area contributed by atoms with Crippen LogP contribution in [-0.2, 0) is 4.74 Å². The standard InChI is InChI=1S/C15H25NO/c1-4-5-6-10-17-12-15(16-3)14-9-7-8-13(2)11-14/h7-9,11,15-16H,4-6,10,12H2,1-3H3. The van der Waals surface area contributed by atoms with Crippen LogP contribution in [0.1, 0.15) is 43.4 Å². The molecule has 96 valence electrons. The highest BCUT2D eigenvalue weighted by molar-refractivity contribution is 5.25. The van der Waals surface area contributed by atoms with Crippen LogP contribution in [0.25, 0.3) is 0 Å². The minimum absolute atomic E-state index is 0.302. The summed E-state index contributed by atoms with van der Waals surface area (Å²) in [5.74, 6) is 0. The lowest BCUT2D eigenvalue weighted by atomic mass is 10.1. The van der Waals surface area contributed by atoms with E-state index in [0.29, 0.717) is 6.04 Å². The molecule has 2 nitrogen and oxygen atoms in total. The molecule has 2 heteroatoms. The summed E-state index contributed by atoms with van der Waals surface area (Å²) in [5, 5.41) is 3.31. The minimum atomic E-state index is 0.302. The summed E-state index contributed by atoms with van der Waals surface area (Å²) in [6, 6.07) is 8.90. The SMILES string of the molecule is CCCCCOCC(NC)c1cccc(C)c1. The van der Waals surface area contributed by atoms with Gasteiger partial charge in [0.2, 0.25) is 0 Å². The van der Waals surface area contributed by atoms with E-state index in [0.717, 1.165) is 13.2 Å². The van der Waals surface area contributed by atoms with Crippen molar-refractivity contribution in [3.8, 4) is 0 Å². The van der Waals surface area contributed by atoms with E-state index in [1.165, 1.54) is 30.4 Å². The van der Waals surface area contributed by atoms with E-state index < -0.39 is 0 Å². The largest absolute Gasteiger partial charge is 0.379 e. The summed E-state index contributed by atoms with van der Waals surface area (Å²) in [6.07, 6.45) is 3.67. The zero-order valence-corrected chi connectivity index (χ0v) is 11.3. The number of rotatable bonds is 8. The van der Waals surface area contributed by atoms with Gasteiger partial charge in [-0.15, -0.1) is 0 Å². The lowest BCUT2D eigenvalue weighted by Gasteiger charge is -2.17. The highest BCUT2D eigenvalue weighted by Crippen LogP contribution is 2.14. The van der Waals surface area contributed by atoms with Crippen LogP contribution in [0.4, 0.5) is 0 Å². The molecule has 0 bridgehead atoms. The van der Waals surface area contributed by atoms with Gasteiger partial charge in [0, 0.05) is 6.61 Å². The summed E-state index contributed by atoms with van der Waals surface area (Å²) in [6.45, 7) is 5.96. The third kappa shape index (κ3) is 5.33. The molecular weight excluding hydrogens is 210 g/mol. The average Bonchev–Trinajstić information content (AvgIpc) is 2.34. The van der Waals surface area contributed by atoms with Crippen molar-refractivity contribution in [3.63, 3.8) is 0 Å². The van der Waals surface area contributed by atoms with Gasteiger partial charge in [-0.25, -0.2) is 0 Å². The molecule has 0 aliphatic carbocycles. The second kappa shape index (κ2) is 8.26. The molecule has 1 aromatic carbocycles. The summed E-state index contributed by atoms with van der Waals surface area (Å²) in [5.41, 5.74) is 2.61. The van der Waals surface area contributed by atoms with Gasteiger partial charge >= 0.3 is 0 Å². The van der Waals surface area contributed by atoms with Crippen molar-refractivity contribution >= 4 is 0 Å². The fourth-order valence-electron chi connectivity index (χ4n) is 1.89. The van der Waals surface area contributed by atoms with E-state index in [9.17, 15) is 0 Å². The molecule has 17 heavy (non-hydrogen) atoms. The minimum Gasteiger partial charge on any atom is -0.379 e. The van der Waals surface area contributed by atoms with Crippen LogP contribution in [0.2, 0.25) is 0 Å². The Balaban J connectivity index is 2.38. The fraction of sp³-hybridized carbons (Fsp3) is 0.600. The van der Waals surface area contributed by atoms with Crippen LogP contribution >= 0.6 is 0 Å². The highest BCUT2D eigenvalue weighted by atomic mass is 16.5. The lowest BCUT2D eigenvalue weighted by Crippen LogP contribution is -2.22. The molecular formula is C15H25NO. The number of hydrogen-bond acceptors (Lipinski definition) is 2. The van der Waals surface area contributed by atoms with E-state index in [1.807, 2.05) is 7.05 Å². The number of unbranched alkanes of at least 4 members (excludes halogenated alkanes) is 2. The van der Waals surface area contributed by atoms with Gasteiger partial charge in [-0.2, -0.15) is 0 Å². The first-order valence-electron chi connectivity index (χ1n) is 6.59. The second-order valence-electron chi connectivity index (χ2n) is 4.54. The number of likely N-dealkylation sites (N-methyl/N-ethyl adjacent to an activating group) is 1. The predicted molar refractivity (Wildman–Crippen MR) is 73.3 cm³/mol. The molecule has 1 N–H and O–H groups in total. The molecule has 1 rings (SSSR count). The lowest BCUT2D eigenvalue weighted by molar-refractivity contribution is 0.110. The molecule has 1 unspecified atom stereocenters. The summed E-state index contributed by atoms with van der Waals surface area (Å²) in [4.78, 5) is 0. The smallest absolute Gasteiger partial charge is 0.0661 e. The van der Waals surface area contributed by atoms with Crippen LogP contribution < -0.4 is 5.32 Å². The molecule has 0 aromatic heterocycles. The van der Waals surface area contributed by atoms with Gasteiger partial charge in [-0.1, -0.05) is 49.6 Å². The molecule has 0 aliphatic rings. The van der Waals surface area contributed by atoms with Crippen molar-refractivity contribution < 1.29 is 4.74 Å². The zero-order chi connectivity index (χ0) is 12.5. The van der Waals surface area contributed by atoms with Crippen molar-refractivity contribution in [1.82, 2.24) is 5.32 Å². The zero-order valence-electron chi connectivity index (χ0n) is 11.3. The molecule has 0 spiro atoms. The van der Waals surface area contributed by atoms with E-state index in [1.54, 1.807) is 0 Å². The number of hydrogen-bond donors (Lipinski definition) is 1. The third-order valence-corrected chi connectivity index (χ3v) is 2.97. The Hall–Kier alpha value is -0.860. The van der Waals surface area contributed by atoms with Gasteiger partial charge in [0.15, 0.2) is 0 Å². The van der Waals surface area contributed by atoms with Crippen molar-refractivity contribution in [2.75, 3.05) is 20.3 Å². The van der Waals surface area contributed by atoms with Crippen LogP contribution in [0.3, 0.4) is 0 Å². The second-order valence-corrected chi connectivity index (χ2v) is 4.54. The van der Waals surface area contributed by atoms with Crippen molar-refractivity contribution in [1.29, 1.82) is 0 Å². The van der Waals surface area contributed by atoms with Gasteiger partial charge in [0.25, 0.3) is 0 Å². The first-order valence-corrected chi connectivity index (χ1v) is 6.59. The maximum absolute atomic E-state index is 5.72. The Labute approximate surface area is 105 Å². The van der Waals surface area contributed by atoms with Crippen LogP contribution in [-0.4, -0.2) is 20.3 Å². The Morgan fingerprint density at radius 1 is 1.29 bits per heavy atom. The van der Waals surface area contributed by atoms with Gasteiger partial charge in [-0.05, 0) is 26.0 Å². The van der Waals surface area contributed by atoms with E-state index in [4.69, 9.17) is 4.74 Å². The number of nitrogens with one attached hydrogen (secondary N) is 1. The highest BCUT2D eigenvalue weighted by Gasteiger charge is 2.08. The van der Waals surface area contributed by atoms with Crippen LogP contribution in [0.15, 0.2) is 24.3 Å². The molecule has 0 amide bonds. The first kappa shape index (κ1) is 14.2. The Bertz CT molecular complexity index is 312. The Morgan fingerprint density at radius 3 is 2.76 bits per heavy atom. The molecule has 0 saturated carbocycles. The number of aryl methyl sites for hydroxylation is 1. The first-order chi connectivity index (χ1) is 8.27. The summed E-state index contributed by atoms with van der Waals surface area (Å²) >= 11 is 0. The molecule has 0 radical (unpaired) electrons. The predicted octanol–water partition coefficient (Wildman–Crippen LogP) is 3.46. The molecule has 0 saturated heterocycles. The van der Waals surface area contributed by atoms with E-state index in [-0.39, 0.29) is 0 Å². The van der Waals surface area contributed by atoms with Crippen molar-refractivity contribution in [2.24, 2.45) is 0 Å². The molecule has 0 heterocycles. The van der Waals surface area contributed by atoms with Gasteiger partial charge < -0.3 is 10.1 Å². The Morgan fingerprint density at radius 2 is 2.12 bits per heavy atom. The monoisotopic (exact) mass is 235 g/mol. The fourth-order valence-corrected chi connectivity index (χ4v) is 1.89. The quantitative estimate of drug-likeness (QED) is 0.697. The van der Waals surface area contributed by atoms with Gasteiger partial charge in [0.05, 0.1) is 12.6 Å². The summed E-state index contributed by atoms with van der Waals surface area (Å²) in [7, 11) is 1.99. The van der Waals surface area contributed by atoms with Gasteiger partial charge in [-0.3, -0.25) is 0 Å². The topological polar surface area (TPSA) is 21.3 Å². The number of ether oxygens (including phenoxy) is 1. The molecule has 1 atom stereocenters. The Kier molecular flexibility index (Phi) is 6.90. The van der Waals surface area contributed by atoms with E-state index >= 15 is 0 Å². The van der Waals surface area contributed by atoms with Crippen LogP contribution in [0, 0.1) is 6.92 Å². The van der Waals surface area contributed by atoms with Crippen LogP contribution in [0.5, 0.6) is 0 Å². The van der Waals surface area contributed by atoms with Crippen molar-refractivity contribution in [3.05, 3.63) is 35.4 Å². The number of benzene rings is 1. The van der Waals surface area contributed by atoms with Gasteiger partial charge in [0.1, 0.15) is 0 Å². The molecule has 1 aromatic rings. The maximum atomic E-state index is 5.72. The third-order valence-electron chi connectivity index (χ3n) is 2.97. The van der Waals surface area contributed by atoms with E-state index in [2.05, 4.69) is 43.4 Å². The molecule has 0 aliphatic heterocycles. The maximum Gasteiger partial charge on any atom is 0.0661 e. The van der Waals surface area contributed by atoms with Crippen molar-refractivity contribution in [2.45, 2.75) is 39.2 Å². The molecule has 0 fully saturated rings. The normalized spacial score (nSPS) is 12.6.